The topological polar surface area (TPSA) is 93.3 Å². The summed E-state index contributed by atoms with van der Waals surface area (Å²) in [6.45, 7) is 1.99. The summed E-state index contributed by atoms with van der Waals surface area (Å²) in [4.78, 5) is 13.9. The molecule has 0 saturated heterocycles. The molecule has 0 saturated carbocycles. The lowest BCUT2D eigenvalue weighted by atomic mass is 10.3. The summed E-state index contributed by atoms with van der Waals surface area (Å²) in [5, 5.41) is 0. The highest BCUT2D eigenvalue weighted by Gasteiger charge is 2.36. The van der Waals surface area contributed by atoms with E-state index in [1.54, 1.807) is 23.3 Å². The van der Waals surface area contributed by atoms with Gasteiger partial charge in [-0.1, -0.05) is 6.92 Å². The van der Waals surface area contributed by atoms with Crippen LogP contribution in [0, 0.1) is 0 Å². The molecule has 0 fully saturated rings. The van der Waals surface area contributed by atoms with Crippen molar-refractivity contribution >= 4 is 16.0 Å². The molecule has 1 aromatic heterocycles. The number of imidazole rings is 1. The van der Waals surface area contributed by atoms with Gasteiger partial charge in [-0.2, -0.15) is 17.7 Å². The minimum Gasteiger partial charge on any atom is -0.741 e. The van der Waals surface area contributed by atoms with Gasteiger partial charge >= 0.3 is 11.4 Å². The van der Waals surface area contributed by atoms with Gasteiger partial charge in [-0.05, 0) is 6.42 Å². The largest absolute Gasteiger partial charge is 0.741 e. The summed E-state index contributed by atoms with van der Waals surface area (Å²) in [6.07, 6.45) is 6.61. The molecule has 1 heterocycles. The van der Waals surface area contributed by atoms with Gasteiger partial charge < -0.3 is 4.55 Å². The Morgan fingerprint density at radius 3 is 2.22 bits per heavy atom. The Hall–Kier alpha value is -1.42. The van der Waals surface area contributed by atoms with Gasteiger partial charge in [0.15, 0.2) is 10.1 Å². The molecule has 6 nitrogen and oxygen atoms in total. The van der Waals surface area contributed by atoms with Crippen molar-refractivity contribution in [3.05, 3.63) is 18.7 Å². The van der Waals surface area contributed by atoms with Crippen LogP contribution in [0.15, 0.2) is 18.7 Å². The lowest BCUT2D eigenvalue weighted by Crippen LogP contribution is -2.21. The Morgan fingerprint density at radius 1 is 1.44 bits per heavy atom. The Balaban J connectivity index is 0.000000331. The van der Waals surface area contributed by atoms with Crippen molar-refractivity contribution in [2.45, 2.75) is 25.3 Å². The highest BCUT2D eigenvalue weighted by Crippen LogP contribution is 2.20. The van der Waals surface area contributed by atoms with E-state index >= 15 is 0 Å². The number of carbonyl (C=O) groups is 1. The van der Waals surface area contributed by atoms with E-state index in [1.165, 1.54) is 0 Å². The van der Waals surface area contributed by atoms with Gasteiger partial charge in [0.1, 0.15) is 12.4 Å². The molecule has 1 rings (SSSR count). The fourth-order valence-electron chi connectivity index (χ4n) is 0.788. The van der Waals surface area contributed by atoms with Crippen LogP contribution in [0.1, 0.15) is 24.6 Å². The van der Waals surface area contributed by atoms with Crippen LogP contribution in [0.3, 0.4) is 0 Å². The fourth-order valence-corrected chi connectivity index (χ4v) is 0.788. The molecular weight excluding hydrogens is 277 g/mol. The smallest absolute Gasteiger partial charge is 0.485 e. The average Bonchev–Trinajstić information content (AvgIpc) is 2.68. The van der Waals surface area contributed by atoms with Crippen molar-refractivity contribution in [3.8, 4) is 0 Å². The van der Waals surface area contributed by atoms with E-state index in [2.05, 4.69) is 4.98 Å². The second-order valence-corrected chi connectivity index (χ2v) is 4.43. The quantitative estimate of drug-likeness (QED) is 0.594. The van der Waals surface area contributed by atoms with Crippen LogP contribution < -0.4 is 4.98 Å². The molecule has 0 atom stereocenters. The van der Waals surface area contributed by atoms with Crippen LogP contribution in [0.2, 0.25) is 0 Å². The first-order valence-corrected chi connectivity index (χ1v) is 6.09. The number of nitrogens with one attached hydrogen (secondary N) is 1. The molecular formula is C8H11F3N2O4S. The van der Waals surface area contributed by atoms with E-state index in [0.29, 0.717) is 6.42 Å². The molecule has 0 unspecified atom stereocenters. The van der Waals surface area contributed by atoms with Gasteiger partial charge in [-0.3, -0.25) is 0 Å². The molecule has 10 heteroatoms. The predicted octanol–water partition coefficient (Wildman–Crippen LogP) is 0.794. The lowest BCUT2D eigenvalue weighted by Gasteiger charge is -2.08. The molecule has 18 heavy (non-hydrogen) atoms. The van der Waals surface area contributed by atoms with E-state index in [9.17, 15) is 18.0 Å². The number of alkyl halides is 3. The van der Waals surface area contributed by atoms with E-state index in [-0.39, 0.29) is 5.91 Å². The van der Waals surface area contributed by atoms with Crippen molar-refractivity contribution < 1.29 is 35.9 Å². The number of aromatic nitrogens is 2. The number of hydrogen-bond donors (Lipinski definition) is 0. The number of halogens is 3. The molecule has 0 bridgehead atoms. The normalized spacial score (nSPS) is 11.6. The number of rotatable bonds is 2. The Kier molecular flexibility index (Phi) is 5.98. The SMILES string of the molecule is CCCC(=O)n1cc[nH+]c1.O=S(=O)([O-])C(F)(F)F. The van der Waals surface area contributed by atoms with E-state index in [0.717, 1.165) is 6.42 Å². The van der Waals surface area contributed by atoms with Crippen molar-refractivity contribution in [2.24, 2.45) is 0 Å². The van der Waals surface area contributed by atoms with Crippen LogP contribution in [0.5, 0.6) is 0 Å². The molecule has 0 aromatic carbocycles. The van der Waals surface area contributed by atoms with Crippen molar-refractivity contribution in [3.63, 3.8) is 0 Å². The molecule has 1 N–H and O–H groups in total. The molecule has 0 aliphatic heterocycles. The number of aromatic amines is 1. The number of hydrogen-bond acceptors (Lipinski definition) is 4. The van der Waals surface area contributed by atoms with Crippen molar-refractivity contribution in [2.75, 3.05) is 0 Å². The first-order chi connectivity index (χ1) is 8.09. The summed E-state index contributed by atoms with van der Waals surface area (Å²) in [5.74, 6) is 0.142. The monoisotopic (exact) mass is 288 g/mol. The third-order valence-electron chi connectivity index (χ3n) is 1.58. The molecule has 0 aliphatic rings. The molecule has 1 aromatic rings. The second kappa shape index (κ2) is 6.50. The zero-order chi connectivity index (χ0) is 14.4. The molecule has 0 radical (unpaired) electrons. The second-order valence-electron chi connectivity index (χ2n) is 3.06. The third-order valence-corrected chi connectivity index (χ3v) is 2.15. The average molecular weight is 288 g/mol. The summed E-state index contributed by atoms with van der Waals surface area (Å²) >= 11 is 0. The fraction of sp³-hybridized carbons (Fsp3) is 0.500. The summed E-state index contributed by atoms with van der Waals surface area (Å²) in [5.41, 5.74) is -5.65. The van der Waals surface area contributed by atoms with Crippen molar-refractivity contribution in [1.82, 2.24) is 4.57 Å². The highest BCUT2D eigenvalue weighted by atomic mass is 32.2. The summed E-state index contributed by atoms with van der Waals surface area (Å²) in [6, 6.07) is 0. The van der Waals surface area contributed by atoms with Crippen LogP contribution in [0.4, 0.5) is 13.2 Å². The maximum atomic E-state index is 11.0. The first-order valence-electron chi connectivity index (χ1n) is 4.69. The highest BCUT2D eigenvalue weighted by molar-refractivity contribution is 7.86. The molecule has 104 valence electrons. The number of carbonyl (C=O) groups excluding carboxylic acids is 1. The summed E-state index contributed by atoms with van der Waals surface area (Å²) in [7, 11) is -6.09. The van der Waals surface area contributed by atoms with Gasteiger partial charge in [-0.25, -0.2) is 18.2 Å². The van der Waals surface area contributed by atoms with Crippen molar-refractivity contribution in [1.29, 1.82) is 0 Å². The maximum absolute atomic E-state index is 11.0. The van der Waals surface area contributed by atoms with Crippen LogP contribution >= 0.6 is 0 Å². The van der Waals surface area contributed by atoms with E-state index in [4.69, 9.17) is 13.0 Å². The minimum atomic E-state index is -6.09. The van der Waals surface area contributed by atoms with Crippen LogP contribution in [0.25, 0.3) is 0 Å². The standard InChI is InChI=1S/C7H10N2O.CHF3O3S/c1-2-3-7(10)9-5-4-8-6-9;2-1(3,4)8(5,6)7/h4-6H,2-3H2,1H3;(H,5,6,7). The van der Waals surface area contributed by atoms with E-state index in [1.807, 2.05) is 6.92 Å². The van der Waals surface area contributed by atoms with Crippen LogP contribution in [-0.4, -0.2) is 29.0 Å². The summed E-state index contributed by atoms with van der Waals surface area (Å²) < 4.78 is 60.5. The van der Waals surface area contributed by atoms with E-state index < -0.39 is 15.6 Å². The number of H-pyrrole nitrogens is 1. The first kappa shape index (κ1) is 16.6. The van der Waals surface area contributed by atoms with Crippen LogP contribution in [-0.2, 0) is 10.1 Å². The number of nitrogens with zero attached hydrogens (tertiary/aromatic N) is 1. The minimum absolute atomic E-state index is 0.142. The lowest BCUT2D eigenvalue weighted by molar-refractivity contribution is -0.376. The molecule has 0 spiro atoms. The zero-order valence-corrected chi connectivity index (χ0v) is 10.1. The van der Waals surface area contributed by atoms with Gasteiger partial charge in [0.2, 0.25) is 6.33 Å². The molecule has 0 amide bonds. The molecule has 0 aliphatic carbocycles. The Bertz CT molecular complexity index is 467. The van der Waals surface area contributed by atoms with Gasteiger partial charge in [0, 0.05) is 6.42 Å². The Morgan fingerprint density at radius 2 is 1.94 bits per heavy atom. The zero-order valence-electron chi connectivity index (χ0n) is 9.27. The maximum Gasteiger partial charge on any atom is 0.485 e. The van der Waals surface area contributed by atoms with Gasteiger partial charge in [0.05, 0.1) is 0 Å². The predicted molar refractivity (Wildman–Crippen MR) is 52.3 cm³/mol. The third kappa shape index (κ3) is 5.77. The van der Waals surface area contributed by atoms with Gasteiger partial charge in [-0.15, -0.1) is 0 Å². The Labute approximate surface area is 101 Å². The van der Waals surface area contributed by atoms with Gasteiger partial charge in [0.25, 0.3) is 0 Å².